The number of aromatic nitrogens is 1. The zero-order valence-corrected chi connectivity index (χ0v) is 14.2. The fraction of sp³-hybridized carbons (Fsp3) is 0.667. The van der Waals surface area contributed by atoms with Crippen LogP contribution in [0, 0.1) is 6.92 Å². The van der Waals surface area contributed by atoms with Crippen molar-refractivity contribution in [3.63, 3.8) is 0 Å². The van der Waals surface area contributed by atoms with Crippen molar-refractivity contribution in [1.82, 2.24) is 10.3 Å². The molecule has 3 rings (SSSR count). The summed E-state index contributed by atoms with van der Waals surface area (Å²) < 4.78 is 0. The van der Waals surface area contributed by atoms with E-state index in [4.69, 9.17) is 0 Å². The van der Waals surface area contributed by atoms with Crippen LogP contribution in [0.5, 0.6) is 0 Å². The molecule has 7 heteroatoms. The Kier molecular flexibility index (Phi) is 4.45. The average Bonchev–Trinajstić information content (AvgIpc) is 3.17. The fourth-order valence-corrected chi connectivity index (χ4v) is 5.59. The van der Waals surface area contributed by atoms with Gasteiger partial charge in [0.05, 0.1) is 10.7 Å². The van der Waals surface area contributed by atoms with Gasteiger partial charge < -0.3 is 10.4 Å². The lowest BCUT2D eigenvalue weighted by atomic mass is 9.99. The van der Waals surface area contributed by atoms with Gasteiger partial charge in [-0.3, -0.25) is 4.79 Å². The summed E-state index contributed by atoms with van der Waals surface area (Å²) in [5.74, 6) is 0.442. The van der Waals surface area contributed by atoms with Gasteiger partial charge in [-0.05, 0) is 31.9 Å². The maximum absolute atomic E-state index is 12.5. The predicted octanol–water partition coefficient (Wildman–Crippen LogP) is 2.80. The third-order valence-electron chi connectivity index (χ3n) is 4.51. The number of thiazole rings is 1. The molecule has 1 atom stereocenters. The Morgan fingerprint density at radius 1 is 1.36 bits per heavy atom. The molecule has 5 nitrogen and oxygen atoms in total. The first-order valence-electron chi connectivity index (χ1n) is 7.63. The minimum Gasteiger partial charge on any atom is -0.479 e. The number of aliphatic carboxylic acids is 1. The normalized spacial score (nSPS) is 25.5. The summed E-state index contributed by atoms with van der Waals surface area (Å²) in [6.07, 6.45) is 5.22. The molecule has 0 spiro atoms. The zero-order chi connectivity index (χ0) is 15.7. The molecule has 1 aromatic rings. The van der Waals surface area contributed by atoms with Gasteiger partial charge in [0, 0.05) is 11.7 Å². The molecule has 1 aromatic heterocycles. The number of carboxylic acid groups (broad SMARTS) is 1. The summed E-state index contributed by atoms with van der Waals surface area (Å²) in [5, 5.41) is 13.3. The smallest absolute Gasteiger partial charge is 0.330 e. The number of aryl methyl sites for hydroxylation is 1. The van der Waals surface area contributed by atoms with Crippen LogP contribution in [0.25, 0.3) is 0 Å². The van der Waals surface area contributed by atoms with E-state index in [1.54, 1.807) is 11.8 Å². The topological polar surface area (TPSA) is 79.3 Å². The van der Waals surface area contributed by atoms with Crippen LogP contribution < -0.4 is 5.32 Å². The molecule has 1 amide bonds. The number of thioether (sulfide) groups is 1. The predicted molar refractivity (Wildman–Crippen MR) is 87.8 cm³/mol. The molecule has 0 aromatic carbocycles. The molecule has 1 unspecified atom stereocenters. The van der Waals surface area contributed by atoms with Gasteiger partial charge in [-0.15, -0.1) is 11.3 Å². The van der Waals surface area contributed by atoms with Crippen LogP contribution in [-0.2, 0) is 4.79 Å². The molecular formula is C15H20N2O3S2. The van der Waals surface area contributed by atoms with Crippen LogP contribution in [-0.4, -0.2) is 39.0 Å². The quantitative estimate of drug-likeness (QED) is 0.881. The molecule has 2 aliphatic rings. The summed E-state index contributed by atoms with van der Waals surface area (Å²) in [6, 6.07) is 0. The summed E-state index contributed by atoms with van der Waals surface area (Å²) in [4.78, 5) is 29.2. The van der Waals surface area contributed by atoms with Gasteiger partial charge in [-0.25, -0.2) is 9.78 Å². The second-order valence-electron chi connectivity index (χ2n) is 6.09. The minimum absolute atomic E-state index is 0.288. The minimum atomic E-state index is -1.12. The molecule has 1 aliphatic heterocycles. The van der Waals surface area contributed by atoms with E-state index >= 15 is 0 Å². The van der Waals surface area contributed by atoms with Crippen LogP contribution in [0.15, 0.2) is 0 Å². The molecule has 22 heavy (non-hydrogen) atoms. The summed E-state index contributed by atoms with van der Waals surface area (Å²) in [6.45, 7) is 1.83. The molecule has 0 bridgehead atoms. The molecular weight excluding hydrogens is 320 g/mol. The van der Waals surface area contributed by atoms with Gasteiger partial charge in [0.1, 0.15) is 10.4 Å². The van der Waals surface area contributed by atoms with Crippen molar-refractivity contribution < 1.29 is 14.7 Å². The summed E-state index contributed by atoms with van der Waals surface area (Å²) in [7, 11) is 0. The highest BCUT2D eigenvalue weighted by Gasteiger charge is 2.44. The number of amides is 1. The van der Waals surface area contributed by atoms with Gasteiger partial charge in [0.15, 0.2) is 0 Å². The Morgan fingerprint density at radius 3 is 2.68 bits per heavy atom. The van der Waals surface area contributed by atoms with E-state index < -0.39 is 11.5 Å². The Hall–Kier alpha value is -1.08. The van der Waals surface area contributed by atoms with Crippen molar-refractivity contribution in [2.45, 2.75) is 50.5 Å². The Balaban J connectivity index is 1.78. The monoisotopic (exact) mass is 340 g/mol. The molecule has 1 aliphatic carbocycles. The number of nitrogens with zero attached hydrogens (tertiary/aromatic N) is 1. The van der Waals surface area contributed by atoms with Gasteiger partial charge in [-0.2, -0.15) is 11.8 Å². The van der Waals surface area contributed by atoms with Crippen molar-refractivity contribution in [3.8, 4) is 0 Å². The van der Waals surface area contributed by atoms with Crippen LogP contribution in [0.1, 0.15) is 58.4 Å². The molecule has 1 saturated heterocycles. The third kappa shape index (κ3) is 2.88. The molecule has 120 valence electrons. The van der Waals surface area contributed by atoms with Gasteiger partial charge >= 0.3 is 5.97 Å². The third-order valence-corrected chi connectivity index (χ3v) is 7.02. The number of hydrogen-bond acceptors (Lipinski definition) is 5. The highest BCUT2D eigenvalue weighted by Crippen LogP contribution is 2.37. The molecule has 2 heterocycles. The van der Waals surface area contributed by atoms with Gasteiger partial charge in [0.25, 0.3) is 5.91 Å². The van der Waals surface area contributed by atoms with Crippen LogP contribution in [0.3, 0.4) is 0 Å². The average molecular weight is 340 g/mol. The van der Waals surface area contributed by atoms with Crippen molar-refractivity contribution in [3.05, 3.63) is 15.6 Å². The van der Waals surface area contributed by atoms with E-state index in [1.807, 2.05) is 6.92 Å². The standard InChI is InChI=1S/C15H20N2O3S2/c1-9-11(22-13(16-9)10-4-2-3-5-10)12(18)17-15(14(19)20)6-7-21-8-15/h10H,2-8H2,1H3,(H,17,18)(H,19,20). The molecule has 1 saturated carbocycles. The van der Waals surface area contributed by atoms with E-state index in [9.17, 15) is 14.7 Å². The van der Waals surface area contributed by atoms with E-state index in [2.05, 4.69) is 10.3 Å². The highest BCUT2D eigenvalue weighted by molar-refractivity contribution is 7.99. The van der Waals surface area contributed by atoms with Gasteiger partial charge in [0.2, 0.25) is 0 Å². The molecule has 2 fully saturated rings. The lowest BCUT2D eigenvalue weighted by Crippen LogP contribution is -2.54. The Labute approximate surface area is 137 Å². The van der Waals surface area contributed by atoms with Crippen LogP contribution in [0.2, 0.25) is 0 Å². The first kappa shape index (κ1) is 15.8. The number of hydrogen-bond donors (Lipinski definition) is 2. The zero-order valence-electron chi connectivity index (χ0n) is 12.6. The molecule has 0 radical (unpaired) electrons. The Morgan fingerprint density at radius 2 is 2.09 bits per heavy atom. The Bertz CT molecular complexity index is 588. The first-order valence-corrected chi connectivity index (χ1v) is 9.60. The van der Waals surface area contributed by atoms with E-state index in [0.717, 1.165) is 29.3 Å². The number of rotatable bonds is 4. The lowest BCUT2D eigenvalue weighted by molar-refractivity contribution is -0.143. The van der Waals surface area contributed by atoms with E-state index in [-0.39, 0.29) is 5.91 Å². The lowest BCUT2D eigenvalue weighted by Gasteiger charge is -2.24. The summed E-state index contributed by atoms with van der Waals surface area (Å²) >= 11 is 3.00. The van der Waals surface area contributed by atoms with Gasteiger partial charge in [-0.1, -0.05) is 12.8 Å². The van der Waals surface area contributed by atoms with Crippen molar-refractivity contribution in [2.24, 2.45) is 0 Å². The van der Waals surface area contributed by atoms with E-state index in [0.29, 0.717) is 23.0 Å². The second kappa shape index (κ2) is 6.20. The number of carbonyl (C=O) groups excluding carboxylic acids is 1. The largest absolute Gasteiger partial charge is 0.479 e. The highest BCUT2D eigenvalue weighted by atomic mass is 32.2. The SMILES string of the molecule is Cc1nc(C2CCCC2)sc1C(=O)NC1(C(=O)O)CCSC1. The fourth-order valence-electron chi connectivity index (χ4n) is 3.14. The number of nitrogens with one attached hydrogen (secondary N) is 1. The maximum Gasteiger partial charge on any atom is 0.330 e. The maximum atomic E-state index is 12.5. The van der Waals surface area contributed by atoms with Crippen molar-refractivity contribution >= 4 is 35.0 Å². The van der Waals surface area contributed by atoms with Crippen molar-refractivity contribution in [1.29, 1.82) is 0 Å². The molecule has 2 N–H and O–H groups in total. The number of carboxylic acids is 1. The van der Waals surface area contributed by atoms with E-state index in [1.165, 1.54) is 24.2 Å². The first-order chi connectivity index (χ1) is 10.5. The van der Waals surface area contributed by atoms with Crippen LogP contribution in [0.4, 0.5) is 0 Å². The van der Waals surface area contributed by atoms with Crippen molar-refractivity contribution in [2.75, 3.05) is 11.5 Å². The number of carbonyl (C=O) groups is 2. The van der Waals surface area contributed by atoms with Crippen LogP contribution >= 0.6 is 23.1 Å². The summed E-state index contributed by atoms with van der Waals surface area (Å²) in [5.41, 5.74) is -0.401. The second-order valence-corrected chi connectivity index (χ2v) is 8.23.